The third-order valence-electron chi connectivity index (χ3n) is 23.3. The van der Waals surface area contributed by atoms with Gasteiger partial charge >= 0.3 is 0 Å². The summed E-state index contributed by atoms with van der Waals surface area (Å²) in [7, 11) is 0. The fraction of sp³-hybridized carbons (Fsp3) is 0.0370. The van der Waals surface area contributed by atoms with Crippen LogP contribution in [0.4, 0.5) is 34.1 Å². The first-order chi connectivity index (χ1) is 54.2. The van der Waals surface area contributed by atoms with Crippen molar-refractivity contribution >= 4 is 55.7 Å². The quantitative estimate of drug-likeness (QED) is 0.101. The van der Waals surface area contributed by atoms with E-state index in [0.29, 0.717) is 0 Å². The Labute approximate surface area is 644 Å². The Kier molecular flexibility index (Phi) is 16.2. The van der Waals surface area contributed by atoms with Gasteiger partial charge in [0.05, 0.1) is 5.41 Å². The van der Waals surface area contributed by atoms with Gasteiger partial charge in [0.25, 0.3) is 0 Å². The number of rotatable bonds is 15. The number of hydrogen-bond acceptors (Lipinski definition) is 2. The Balaban J connectivity index is 0.577. The maximum Gasteiger partial charge on any atom is 0.0713 e. The molecule has 0 heterocycles. The van der Waals surface area contributed by atoms with Crippen LogP contribution in [0.25, 0.3) is 122 Å². The average molecular weight is 1400 g/mol. The molecule has 0 atom stereocenters. The molecule has 0 N–H and O–H groups in total. The predicted octanol–water partition coefficient (Wildman–Crippen LogP) is 29.3. The van der Waals surface area contributed by atoms with Gasteiger partial charge in [-0.05, 0) is 264 Å². The van der Waals surface area contributed by atoms with Crippen LogP contribution in [0.2, 0.25) is 0 Å². The highest BCUT2D eigenvalue weighted by atomic mass is 15.1. The molecular formula is C108H76N2. The van der Waals surface area contributed by atoms with Crippen molar-refractivity contribution in [3.8, 4) is 100 Å². The van der Waals surface area contributed by atoms with Crippen molar-refractivity contribution < 1.29 is 0 Å². The molecular weight excluding hydrogens is 1330 g/mol. The summed E-state index contributed by atoms with van der Waals surface area (Å²) in [4.78, 5) is 4.78. The van der Waals surface area contributed by atoms with E-state index in [9.17, 15) is 0 Å². The van der Waals surface area contributed by atoms with Crippen LogP contribution >= 0.6 is 0 Å². The zero-order valence-corrected chi connectivity index (χ0v) is 61.3. The van der Waals surface area contributed by atoms with Crippen molar-refractivity contribution in [1.29, 1.82) is 0 Å². The van der Waals surface area contributed by atoms with Gasteiger partial charge in [-0.2, -0.15) is 0 Å². The number of nitrogens with zero attached hydrogens (tertiary/aromatic N) is 2. The third kappa shape index (κ3) is 11.4. The zero-order valence-electron chi connectivity index (χ0n) is 61.3. The summed E-state index contributed by atoms with van der Waals surface area (Å²) in [6.45, 7) is 4.77. The molecule has 0 saturated heterocycles. The molecule has 0 fully saturated rings. The molecule has 2 heteroatoms. The molecule has 2 aliphatic rings. The minimum atomic E-state index is -0.466. The summed E-state index contributed by atoms with van der Waals surface area (Å²) in [6.07, 6.45) is 0. The lowest BCUT2D eigenvalue weighted by atomic mass is 9.67. The summed E-state index contributed by atoms with van der Waals surface area (Å²) in [5.41, 5.74) is 35.5. The van der Waals surface area contributed by atoms with Gasteiger partial charge in [0.15, 0.2) is 0 Å². The van der Waals surface area contributed by atoms with Crippen LogP contribution in [0.3, 0.4) is 0 Å². The summed E-state index contributed by atoms with van der Waals surface area (Å²) >= 11 is 0. The minimum absolute atomic E-state index is 0.200. The van der Waals surface area contributed by atoms with Gasteiger partial charge < -0.3 is 9.80 Å². The van der Waals surface area contributed by atoms with E-state index in [1.165, 1.54) is 144 Å². The third-order valence-corrected chi connectivity index (χ3v) is 23.3. The molecule has 0 aliphatic heterocycles. The first-order valence-corrected chi connectivity index (χ1v) is 38.3. The first-order valence-electron chi connectivity index (χ1n) is 38.3. The van der Waals surface area contributed by atoms with E-state index in [2.05, 4.69) is 448 Å². The largest absolute Gasteiger partial charge is 0.310 e. The molecule has 0 aromatic heterocycles. The SMILES string of the molecule is CC1(C)c2ccc(-c3ccc4cc(-c5cccc(N(c6ccccc6)c6ccc(-c7ccc8c(c7)C(c7ccccc7)(c7ccccc7)c7ccccc7-8)cc6)c5)ccc4c3)cc2-c2ccc(-c3ccc(N(c4cccc(-c5ccc6ccccc6c5)c4)c4cccc(-c5ccccc5-c5ccccc5)c4)cc3)cc21. The van der Waals surface area contributed by atoms with Gasteiger partial charge in [-0.1, -0.05) is 329 Å². The molecule has 0 unspecified atom stereocenters. The van der Waals surface area contributed by atoms with Crippen molar-refractivity contribution in [2.75, 3.05) is 9.80 Å². The molecule has 20 rings (SSSR count). The Morgan fingerprint density at radius 1 is 0.164 bits per heavy atom. The lowest BCUT2D eigenvalue weighted by Gasteiger charge is -2.34. The van der Waals surface area contributed by atoms with Crippen LogP contribution in [0.15, 0.2) is 425 Å². The van der Waals surface area contributed by atoms with Crippen molar-refractivity contribution in [2.24, 2.45) is 0 Å². The normalized spacial score (nSPS) is 12.8. The van der Waals surface area contributed by atoms with Crippen LogP contribution in [0.5, 0.6) is 0 Å². The molecule has 0 spiro atoms. The molecule has 0 radical (unpaired) electrons. The zero-order chi connectivity index (χ0) is 73.3. The Morgan fingerprint density at radius 2 is 0.500 bits per heavy atom. The first kappa shape index (κ1) is 65.6. The summed E-state index contributed by atoms with van der Waals surface area (Å²) in [5, 5.41) is 4.88. The van der Waals surface area contributed by atoms with E-state index in [1.54, 1.807) is 0 Å². The van der Waals surface area contributed by atoms with Crippen molar-refractivity contribution in [3.63, 3.8) is 0 Å². The van der Waals surface area contributed by atoms with Crippen molar-refractivity contribution in [2.45, 2.75) is 24.7 Å². The Morgan fingerprint density at radius 3 is 1.06 bits per heavy atom. The maximum absolute atomic E-state index is 2.45. The van der Waals surface area contributed by atoms with Crippen LogP contribution in [0.1, 0.15) is 47.2 Å². The maximum atomic E-state index is 2.45. The lowest BCUT2D eigenvalue weighted by Crippen LogP contribution is -2.28. The molecule has 18 aromatic rings. The van der Waals surface area contributed by atoms with E-state index in [1.807, 2.05) is 0 Å². The molecule has 18 aromatic carbocycles. The molecule has 0 saturated carbocycles. The average Bonchev–Trinajstić information content (AvgIpc) is 1.53. The smallest absolute Gasteiger partial charge is 0.0713 e. The van der Waals surface area contributed by atoms with Crippen LogP contribution < -0.4 is 9.80 Å². The Bertz CT molecular complexity index is 6500. The lowest BCUT2D eigenvalue weighted by molar-refractivity contribution is 0.660. The van der Waals surface area contributed by atoms with E-state index in [0.717, 1.165) is 45.3 Å². The number of benzene rings is 18. The van der Waals surface area contributed by atoms with Gasteiger partial charge in [0.1, 0.15) is 0 Å². The monoisotopic (exact) mass is 1400 g/mol. The van der Waals surface area contributed by atoms with Crippen LogP contribution in [-0.4, -0.2) is 0 Å². The number of fused-ring (bicyclic) bond motifs is 8. The number of para-hydroxylation sites is 1. The van der Waals surface area contributed by atoms with Crippen molar-refractivity contribution in [1.82, 2.24) is 0 Å². The molecule has 0 amide bonds. The second-order valence-electron chi connectivity index (χ2n) is 29.9. The number of anilines is 6. The summed E-state index contributed by atoms with van der Waals surface area (Å²) in [5.74, 6) is 0. The fourth-order valence-corrected chi connectivity index (χ4v) is 17.9. The highest BCUT2D eigenvalue weighted by molar-refractivity contribution is 5.96. The highest BCUT2D eigenvalue weighted by Gasteiger charge is 2.46. The van der Waals surface area contributed by atoms with Crippen molar-refractivity contribution in [3.05, 3.63) is 458 Å². The Hall–Kier alpha value is -13.9. The summed E-state index contributed by atoms with van der Waals surface area (Å²) < 4.78 is 0. The van der Waals surface area contributed by atoms with E-state index < -0.39 is 5.41 Å². The van der Waals surface area contributed by atoms with Gasteiger partial charge in [-0.15, -0.1) is 0 Å². The second-order valence-corrected chi connectivity index (χ2v) is 29.9. The van der Waals surface area contributed by atoms with Crippen LogP contribution in [-0.2, 0) is 10.8 Å². The van der Waals surface area contributed by atoms with E-state index in [4.69, 9.17) is 0 Å². The summed E-state index contributed by atoms with van der Waals surface area (Å²) in [6, 6.07) is 157. The standard InChI is InChI=1S/C108H76N2/c1-107(2)103-63-56-85(70-102(103)101-62-55-86(71-105(101)107)74-52-59-93(60-53-74)110(95-38-22-29-79(68-95)80-45-44-73-24-15-16-27-77(73)64-80)96-39-23-30-88(69-96)98-41-18-17-40-97(98)76-25-7-3-8-26-76)84-49-48-82-65-81(46-47-83(82)66-84)78-28-21-37-94(67-78)109(91-35-13-6-14-36-91)92-57-50-75(51-58-92)87-54-61-100-99-42-19-20-43-104(99)108(106(100)72-87,89-31-9-4-10-32-89)90-33-11-5-12-34-90/h3-72H,1-2H3. The molecule has 2 nitrogen and oxygen atoms in total. The molecule has 518 valence electrons. The van der Waals surface area contributed by atoms with Crippen LogP contribution in [0, 0.1) is 0 Å². The highest BCUT2D eigenvalue weighted by Crippen LogP contribution is 2.58. The topological polar surface area (TPSA) is 6.48 Å². The van der Waals surface area contributed by atoms with Gasteiger partial charge in [0.2, 0.25) is 0 Å². The van der Waals surface area contributed by atoms with Gasteiger partial charge in [0, 0.05) is 39.5 Å². The van der Waals surface area contributed by atoms with E-state index in [-0.39, 0.29) is 5.41 Å². The second kappa shape index (κ2) is 27.1. The van der Waals surface area contributed by atoms with E-state index >= 15 is 0 Å². The molecule has 0 bridgehead atoms. The predicted molar refractivity (Wildman–Crippen MR) is 464 cm³/mol. The molecule has 2 aliphatic carbocycles. The fourth-order valence-electron chi connectivity index (χ4n) is 17.9. The number of hydrogen-bond donors (Lipinski definition) is 0. The van der Waals surface area contributed by atoms with Gasteiger partial charge in [-0.3, -0.25) is 0 Å². The molecule has 110 heavy (non-hydrogen) atoms. The minimum Gasteiger partial charge on any atom is -0.310 e. The van der Waals surface area contributed by atoms with Gasteiger partial charge in [-0.25, -0.2) is 0 Å².